The van der Waals surface area contributed by atoms with Crippen LogP contribution in [0.3, 0.4) is 0 Å². The molecular weight excluding hydrogens is 154 g/mol. The molecule has 1 rings (SSSR count). The van der Waals surface area contributed by atoms with Gasteiger partial charge in [-0.25, -0.2) is 0 Å². The molecule has 1 aliphatic heterocycles. The first-order valence-electron chi connectivity index (χ1n) is 4.58. The highest BCUT2D eigenvalue weighted by molar-refractivity contribution is 5.79. The summed E-state index contributed by atoms with van der Waals surface area (Å²) < 4.78 is 0. The van der Waals surface area contributed by atoms with E-state index in [0.29, 0.717) is 0 Å². The number of likely N-dealkylation sites (N-methyl/N-ethyl adjacent to an activating group) is 1. The molecule has 3 nitrogen and oxygen atoms in total. The summed E-state index contributed by atoms with van der Waals surface area (Å²) in [6, 6.07) is 0. The smallest absolute Gasteiger partial charge is 0.324 e. The fourth-order valence-electron chi connectivity index (χ4n) is 2.12. The van der Waals surface area contributed by atoms with Crippen LogP contribution in [0.1, 0.15) is 32.6 Å². The molecule has 0 bridgehead atoms. The quantitative estimate of drug-likeness (QED) is 0.696. The Morgan fingerprint density at radius 1 is 1.67 bits per heavy atom. The molecule has 1 fully saturated rings. The molecule has 1 unspecified atom stereocenters. The molecule has 3 heteroatoms. The van der Waals surface area contributed by atoms with E-state index in [4.69, 9.17) is 5.11 Å². The molecule has 0 aromatic carbocycles. The standard InChI is InChI=1S/C9H17NO2/c1-3-5-9(8(11)12)6-4-7-10(9)2/h3-7H2,1-2H3,(H,11,12). The first kappa shape index (κ1) is 9.52. The molecule has 0 saturated carbocycles. The van der Waals surface area contributed by atoms with E-state index in [1.807, 2.05) is 18.9 Å². The lowest BCUT2D eigenvalue weighted by Gasteiger charge is -2.31. The van der Waals surface area contributed by atoms with Crippen LogP contribution in [-0.2, 0) is 4.79 Å². The van der Waals surface area contributed by atoms with Crippen LogP contribution in [0, 0.1) is 0 Å². The van der Waals surface area contributed by atoms with Crippen LogP contribution in [-0.4, -0.2) is 35.1 Å². The Kier molecular flexibility index (Phi) is 2.73. The first-order chi connectivity index (χ1) is 5.63. The molecule has 0 aromatic rings. The Bertz CT molecular complexity index is 181. The molecule has 1 atom stereocenters. The van der Waals surface area contributed by atoms with Gasteiger partial charge in [0.05, 0.1) is 0 Å². The van der Waals surface area contributed by atoms with Crippen LogP contribution in [0.5, 0.6) is 0 Å². The van der Waals surface area contributed by atoms with E-state index in [2.05, 4.69) is 0 Å². The van der Waals surface area contributed by atoms with Gasteiger partial charge in [0, 0.05) is 0 Å². The summed E-state index contributed by atoms with van der Waals surface area (Å²) >= 11 is 0. The van der Waals surface area contributed by atoms with Crippen molar-refractivity contribution < 1.29 is 9.90 Å². The van der Waals surface area contributed by atoms with E-state index in [9.17, 15) is 4.79 Å². The number of hydrogen-bond acceptors (Lipinski definition) is 2. The van der Waals surface area contributed by atoms with Gasteiger partial charge in [-0.1, -0.05) is 13.3 Å². The first-order valence-corrected chi connectivity index (χ1v) is 4.58. The molecule has 0 aliphatic carbocycles. The minimum absolute atomic E-state index is 0.547. The average molecular weight is 171 g/mol. The van der Waals surface area contributed by atoms with Gasteiger partial charge in [-0.3, -0.25) is 9.69 Å². The van der Waals surface area contributed by atoms with Crippen LogP contribution in [0.25, 0.3) is 0 Å². The monoisotopic (exact) mass is 171 g/mol. The normalized spacial score (nSPS) is 30.8. The largest absolute Gasteiger partial charge is 0.480 e. The van der Waals surface area contributed by atoms with E-state index >= 15 is 0 Å². The van der Waals surface area contributed by atoms with Crippen molar-refractivity contribution >= 4 is 5.97 Å². The van der Waals surface area contributed by atoms with Crippen LogP contribution in [0.2, 0.25) is 0 Å². The summed E-state index contributed by atoms with van der Waals surface area (Å²) in [5.74, 6) is -0.649. The Balaban J connectivity index is 2.77. The Hall–Kier alpha value is -0.570. The number of rotatable bonds is 3. The molecule has 0 amide bonds. The zero-order chi connectivity index (χ0) is 9.19. The van der Waals surface area contributed by atoms with Gasteiger partial charge >= 0.3 is 5.97 Å². The van der Waals surface area contributed by atoms with Crippen molar-refractivity contribution in [2.45, 2.75) is 38.1 Å². The number of carboxylic acids is 1. The van der Waals surface area contributed by atoms with E-state index in [1.54, 1.807) is 0 Å². The van der Waals surface area contributed by atoms with E-state index in [-0.39, 0.29) is 0 Å². The third-order valence-corrected chi connectivity index (χ3v) is 2.88. The van der Waals surface area contributed by atoms with Crippen molar-refractivity contribution in [3.8, 4) is 0 Å². The van der Waals surface area contributed by atoms with Crippen molar-refractivity contribution in [2.24, 2.45) is 0 Å². The maximum atomic E-state index is 11.1. The Morgan fingerprint density at radius 3 is 2.67 bits per heavy atom. The van der Waals surface area contributed by atoms with Crippen molar-refractivity contribution in [3.63, 3.8) is 0 Å². The van der Waals surface area contributed by atoms with Crippen molar-refractivity contribution in [2.75, 3.05) is 13.6 Å². The SMILES string of the molecule is CCCC1(C(=O)O)CCCN1C. The molecular formula is C9H17NO2. The number of carbonyl (C=O) groups is 1. The fraction of sp³-hybridized carbons (Fsp3) is 0.889. The van der Waals surface area contributed by atoms with Gasteiger partial charge in [0.1, 0.15) is 5.54 Å². The van der Waals surface area contributed by atoms with Crippen LogP contribution in [0.4, 0.5) is 0 Å². The lowest BCUT2D eigenvalue weighted by atomic mass is 9.91. The summed E-state index contributed by atoms with van der Waals surface area (Å²) in [7, 11) is 1.91. The summed E-state index contributed by atoms with van der Waals surface area (Å²) in [5.41, 5.74) is -0.547. The van der Waals surface area contributed by atoms with Crippen molar-refractivity contribution in [1.29, 1.82) is 0 Å². The summed E-state index contributed by atoms with van der Waals surface area (Å²) in [5, 5.41) is 9.12. The number of aliphatic carboxylic acids is 1. The third kappa shape index (κ3) is 1.33. The molecule has 1 N–H and O–H groups in total. The van der Waals surface area contributed by atoms with Gasteiger partial charge in [0.25, 0.3) is 0 Å². The average Bonchev–Trinajstić information content (AvgIpc) is 2.34. The number of likely N-dealkylation sites (tertiary alicyclic amines) is 1. The maximum absolute atomic E-state index is 11.1. The molecule has 1 heterocycles. The summed E-state index contributed by atoms with van der Waals surface area (Å²) in [6.45, 7) is 2.96. The van der Waals surface area contributed by atoms with Gasteiger partial charge < -0.3 is 5.11 Å². The predicted molar refractivity (Wildman–Crippen MR) is 47.1 cm³/mol. The number of nitrogens with zero attached hydrogens (tertiary/aromatic N) is 1. The van der Waals surface area contributed by atoms with E-state index < -0.39 is 11.5 Å². The van der Waals surface area contributed by atoms with E-state index in [1.165, 1.54) is 0 Å². The molecule has 0 spiro atoms. The predicted octanol–water partition coefficient (Wildman–Crippen LogP) is 1.34. The van der Waals surface area contributed by atoms with Gasteiger partial charge in [-0.15, -0.1) is 0 Å². The van der Waals surface area contributed by atoms with E-state index in [0.717, 1.165) is 32.2 Å². The van der Waals surface area contributed by atoms with Crippen LogP contribution >= 0.6 is 0 Å². The molecule has 70 valence electrons. The molecule has 12 heavy (non-hydrogen) atoms. The second-order valence-electron chi connectivity index (χ2n) is 3.61. The lowest BCUT2D eigenvalue weighted by molar-refractivity contribution is -0.149. The summed E-state index contributed by atoms with van der Waals surface area (Å²) in [6.07, 6.45) is 3.55. The van der Waals surface area contributed by atoms with Crippen LogP contribution in [0.15, 0.2) is 0 Å². The van der Waals surface area contributed by atoms with Gasteiger partial charge in [-0.05, 0) is 32.9 Å². The van der Waals surface area contributed by atoms with Gasteiger partial charge in [0.2, 0.25) is 0 Å². The molecule has 0 radical (unpaired) electrons. The topological polar surface area (TPSA) is 40.5 Å². The van der Waals surface area contributed by atoms with Crippen molar-refractivity contribution in [3.05, 3.63) is 0 Å². The highest BCUT2D eigenvalue weighted by atomic mass is 16.4. The molecule has 1 saturated heterocycles. The molecule has 1 aliphatic rings. The number of carboxylic acid groups (broad SMARTS) is 1. The Labute approximate surface area is 73.4 Å². The van der Waals surface area contributed by atoms with Gasteiger partial charge in [0.15, 0.2) is 0 Å². The second kappa shape index (κ2) is 3.44. The zero-order valence-corrected chi connectivity index (χ0v) is 7.84. The lowest BCUT2D eigenvalue weighted by Crippen LogP contribution is -2.48. The van der Waals surface area contributed by atoms with Crippen LogP contribution < -0.4 is 0 Å². The highest BCUT2D eigenvalue weighted by Crippen LogP contribution is 2.32. The maximum Gasteiger partial charge on any atom is 0.324 e. The summed E-state index contributed by atoms with van der Waals surface area (Å²) in [4.78, 5) is 13.1. The Morgan fingerprint density at radius 2 is 2.33 bits per heavy atom. The highest BCUT2D eigenvalue weighted by Gasteiger charge is 2.44. The minimum Gasteiger partial charge on any atom is -0.480 e. The second-order valence-corrected chi connectivity index (χ2v) is 3.61. The van der Waals surface area contributed by atoms with Crippen molar-refractivity contribution in [1.82, 2.24) is 4.90 Å². The third-order valence-electron chi connectivity index (χ3n) is 2.88. The minimum atomic E-state index is -0.649. The number of hydrogen-bond donors (Lipinski definition) is 1. The fourth-order valence-corrected chi connectivity index (χ4v) is 2.12. The van der Waals surface area contributed by atoms with Gasteiger partial charge in [-0.2, -0.15) is 0 Å². The zero-order valence-electron chi connectivity index (χ0n) is 7.84. The molecule has 0 aromatic heterocycles.